The maximum atomic E-state index is 4.50. The summed E-state index contributed by atoms with van der Waals surface area (Å²) in [6, 6.07) is 20.6. The molecule has 0 spiro atoms. The Kier molecular flexibility index (Phi) is 4.75. The molecule has 2 N–H and O–H groups in total. The SMILES string of the molecule is Cc1nc(Nc2ccccc2C)cc(NC(C)c2ccccc2)n1. The smallest absolute Gasteiger partial charge is 0.136 e. The zero-order chi connectivity index (χ0) is 16.9. The lowest BCUT2D eigenvalue weighted by atomic mass is 10.1. The van der Waals surface area contributed by atoms with Crippen LogP contribution in [0.4, 0.5) is 17.3 Å². The lowest BCUT2D eigenvalue weighted by Gasteiger charge is -2.16. The van der Waals surface area contributed by atoms with Crippen molar-refractivity contribution in [1.29, 1.82) is 0 Å². The third kappa shape index (κ3) is 3.90. The van der Waals surface area contributed by atoms with Crippen molar-refractivity contribution in [3.05, 3.63) is 77.6 Å². The predicted octanol–water partition coefficient (Wildman–Crippen LogP) is 5.01. The van der Waals surface area contributed by atoms with Gasteiger partial charge in [0, 0.05) is 17.8 Å². The second-order valence-electron chi connectivity index (χ2n) is 5.90. The Morgan fingerprint density at radius 3 is 2.25 bits per heavy atom. The van der Waals surface area contributed by atoms with Crippen LogP contribution in [0.1, 0.15) is 29.9 Å². The monoisotopic (exact) mass is 318 g/mol. The third-order valence-electron chi connectivity index (χ3n) is 3.91. The molecular formula is C20H22N4. The molecule has 0 radical (unpaired) electrons. The summed E-state index contributed by atoms with van der Waals surface area (Å²) < 4.78 is 0. The van der Waals surface area contributed by atoms with Crippen LogP contribution in [0.3, 0.4) is 0 Å². The highest BCUT2D eigenvalue weighted by atomic mass is 15.1. The molecule has 0 aliphatic rings. The Labute approximate surface area is 143 Å². The molecular weight excluding hydrogens is 296 g/mol. The largest absolute Gasteiger partial charge is 0.363 e. The summed E-state index contributed by atoms with van der Waals surface area (Å²) in [4.78, 5) is 8.99. The van der Waals surface area contributed by atoms with Gasteiger partial charge in [-0.3, -0.25) is 0 Å². The minimum absolute atomic E-state index is 0.173. The molecule has 1 heterocycles. The van der Waals surface area contributed by atoms with Crippen LogP contribution in [-0.2, 0) is 0 Å². The highest BCUT2D eigenvalue weighted by Gasteiger charge is 2.08. The van der Waals surface area contributed by atoms with E-state index < -0.39 is 0 Å². The Morgan fingerprint density at radius 2 is 1.50 bits per heavy atom. The molecule has 0 bridgehead atoms. The molecule has 4 heteroatoms. The molecule has 0 aliphatic carbocycles. The van der Waals surface area contributed by atoms with Crippen molar-refractivity contribution < 1.29 is 0 Å². The number of hydrogen-bond donors (Lipinski definition) is 2. The molecule has 0 saturated heterocycles. The Balaban J connectivity index is 1.80. The lowest BCUT2D eigenvalue weighted by Crippen LogP contribution is -2.09. The van der Waals surface area contributed by atoms with Crippen molar-refractivity contribution in [2.45, 2.75) is 26.8 Å². The molecule has 0 amide bonds. The molecule has 1 atom stereocenters. The van der Waals surface area contributed by atoms with Crippen molar-refractivity contribution in [3.8, 4) is 0 Å². The van der Waals surface area contributed by atoms with Crippen molar-refractivity contribution in [1.82, 2.24) is 9.97 Å². The maximum Gasteiger partial charge on any atom is 0.136 e. The van der Waals surface area contributed by atoms with Crippen molar-refractivity contribution in [2.75, 3.05) is 10.6 Å². The van der Waals surface area contributed by atoms with Crippen molar-refractivity contribution in [2.24, 2.45) is 0 Å². The highest BCUT2D eigenvalue weighted by Crippen LogP contribution is 2.23. The average molecular weight is 318 g/mol. The van der Waals surface area contributed by atoms with E-state index in [4.69, 9.17) is 0 Å². The van der Waals surface area contributed by atoms with Gasteiger partial charge in [-0.25, -0.2) is 9.97 Å². The number of aromatic nitrogens is 2. The number of hydrogen-bond acceptors (Lipinski definition) is 4. The topological polar surface area (TPSA) is 49.8 Å². The number of nitrogens with zero attached hydrogens (tertiary/aromatic N) is 2. The van der Waals surface area contributed by atoms with Crippen molar-refractivity contribution in [3.63, 3.8) is 0 Å². The summed E-state index contributed by atoms with van der Waals surface area (Å²) >= 11 is 0. The van der Waals surface area contributed by atoms with E-state index in [2.05, 4.69) is 52.6 Å². The van der Waals surface area contributed by atoms with Gasteiger partial charge in [0.1, 0.15) is 17.5 Å². The molecule has 0 saturated carbocycles. The number of para-hydroxylation sites is 1. The fraction of sp³-hybridized carbons (Fsp3) is 0.200. The first kappa shape index (κ1) is 16.0. The highest BCUT2D eigenvalue weighted by molar-refractivity contribution is 5.62. The van der Waals surface area contributed by atoms with Gasteiger partial charge in [0.15, 0.2) is 0 Å². The number of rotatable bonds is 5. The number of anilines is 3. The van der Waals surface area contributed by atoms with E-state index in [0.717, 1.165) is 23.1 Å². The minimum atomic E-state index is 0.173. The van der Waals surface area contributed by atoms with Crippen LogP contribution < -0.4 is 10.6 Å². The van der Waals surface area contributed by atoms with Crippen LogP contribution in [-0.4, -0.2) is 9.97 Å². The van der Waals surface area contributed by atoms with E-state index in [0.29, 0.717) is 0 Å². The van der Waals surface area contributed by atoms with Gasteiger partial charge in [0.05, 0.1) is 0 Å². The summed E-state index contributed by atoms with van der Waals surface area (Å²) in [5, 5.41) is 6.82. The molecule has 1 aromatic heterocycles. The van der Waals surface area contributed by atoms with Crippen LogP contribution in [0, 0.1) is 13.8 Å². The molecule has 1 unspecified atom stereocenters. The zero-order valence-corrected chi connectivity index (χ0v) is 14.2. The number of aryl methyl sites for hydroxylation is 2. The van der Waals surface area contributed by atoms with Crippen molar-refractivity contribution >= 4 is 17.3 Å². The normalized spacial score (nSPS) is 11.8. The van der Waals surface area contributed by atoms with Gasteiger partial charge in [-0.1, -0.05) is 48.5 Å². The molecule has 24 heavy (non-hydrogen) atoms. The van der Waals surface area contributed by atoms with Crippen LogP contribution >= 0.6 is 0 Å². The standard InChI is InChI=1S/C20H22N4/c1-14-9-7-8-12-18(14)24-20-13-19(22-16(3)23-20)21-15(2)17-10-5-4-6-11-17/h4-13,15H,1-3H3,(H2,21,22,23,24). The Bertz CT molecular complexity index is 815. The van der Waals surface area contributed by atoms with Crippen LogP contribution in [0.5, 0.6) is 0 Å². The van der Waals surface area contributed by atoms with Gasteiger partial charge >= 0.3 is 0 Å². The summed E-state index contributed by atoms with van der Waals surface area (Å²) in [5.74, 6) is 2.34. The number of nitrogens with one attached hydrogen (secondary N) is 2. The van der Waals surface area contributed by atoms with Gasteiger partial charge in [-0.05, 0) is 38.0 Å². The first-order valence-corrected chi connectivity index (χ1v) is 8.11. The number of benzene rings is 2. The second kappa shape index (κ2) is 7.13. The maximum absolute atomic E-state index is 4.50. The molecule has 122 valence electrons. The van der Waals surface area contributed by atoms with Gasteiger partial charge < -0.3 is 10.6 Å². The fourth-order valence-electron chi connectivity index (χ4n) is 2.60. The van der Waals surface area contributed by atoms with Gasteiger partial charge in [-0.15, -0.1) is 0 Å². The van der Waals surface area contributed by atoms with E-state index in [1.54, 1.807) is 0 Å². The summed E-state index contributed by atoms with van der Waals surface area (Å²) in [6.45, 7) is 6.11. The fourth-order valence-corrected chi connectivity index (χ4v) is 2.60. The predicted molar refractivity (Wildman–Crippen MR) is 99.7 cm³/mol. The van der Waals surface area contributed by atoms with Gasteiger partial charge in [0.25, 0.3) is 0 Å². The first-order chi connectivity index (χ1) is 11.6. The molecule has 4 nitrogen and oxygen atoms in total. The molecule has 3 rings (SSSR count). The third-order valence-corrected chi connectivity index (χ3v) is 3.91. The van der Waals surface area contributed by atoms with E-state index >= 15 is 0 Å². The quantitative estimate of drug-likeness (QED) is 0.694. The Morgan fingerprint density at radius 1 is 0.833 bits per heavy atom. The summed E-state index contributed by atoms with van der Waals surface area (Å²) in [7, 11) is 0. The van der Waals surface area contributed by atoms with Crippen LogP contribution in [0.2, 0.25) is 0 Å². The molecule has 0 aliphatic heterocycles. The van der Waals surface area contributed by atoms with Crippen LogP contribution in [0.15, 0.2) is 60.7 Å². The second-order valence-corrected chi connectivity index (χ2v) is 5.90. The van der Waals surface area contributed by atoms with Gasteiger partial charge in [-0.2, -0.15) is 0 Å². The summed E-state index contributed by atoms with van der Waals surface area (Å²) in [5.41, 5.74) is 3.46. The Hall–Kier alpha value is -2.88. The van der Waals surface area contributed by atoms with Gasteiger partial charge in [0.2, 0.25) is 0 Å². The average Bonchev–Trinajstić information content (AvgIpc) is 2.57. The minimum Gasteiger partial charge on any atom is -0.363 e. The first-order valence-electron chi connectivity index (χ1n) is 8.11. The van der Waals surface area contributed by atoms with E-state index in [9.17, 15) is 0 Å². The molecule has 3 aromatic rings. The lowest BCUT2D eigenvalue weighted by molar-refractivity contribution is 0.867. The summed E-state index contributed by atoms with van der Waals surface area (Å²) in [6.07, 6.45) is 0. The van der Waals surface area contributed by atoms with E-state index in [-0.39, 0.29) is 6.04 Å². The van der Waals surface area contributed by atoms with E-state index in [1.165, 1.54) is 11.1 Å². The van der Waals surface area contributed by atoms with Crippen LogP contribution in [0.25, 0.3) is 0 Å². The van der Waals surface area contributed by atoms with E-state index in [1.807, 2.05) is 49.4 Å². The molecule has 0 fully saturated rings. The zero-order valence-electron chi connectivity index (χ0n) is 14.2. The molecule has 2 aromatic carbocycles.